The van der Waals surface area contributed by atoms with E-state index in [1.54, 1.807) is 0 Å². The quantitative estimate of drug-likeness (QED) is 0.341. The van der Waals surface area contributed by atoms with Gasteiger partial charge in [0.25, 0.3) is 0 Å². The van der Waals surface area contributed by atoms with Gasteiger partial charge in [-0.05, 0) is 6.42 Å². The fourth-order valence-corrected chi connectivity index (χ4v) is 1.79. The number of ether oxygens (including phenoxy) is 1. The van der Waals surface area contributed by atoms with Crippen molar-refractivity contribution in [3.05, 3.63) is 0 Å². The van der Waals surface area contributed by atoms with Gasteiger partial charge in [0.2, 0.25) is 0 Å². The first kappa shape index (κ1) is 10.3. The summed E-state index contributed by atoms with van der Waals surface area (Å²) in [5, 5.41) is 0. The van der Waals surface area contributed by atoms with E-state index in [-0.39, 0.29) is 0 Å². The standard InChI is InChI=1S/C10H19ClO/c1-2-3-4-5-6-7-9-10(8-11)12-9/h9-10H,2-8H2,1H3/t9-,10-/m0/s1. The molecule has 0 unspecified atom stereocenters. The molecule has 2 atom stereocenters. The minimum Gasteiger partial charge on any atom is -0.368 e. The second-order valence-corrected chi connectivity index (χ2v) is 3.88. The minimum absolute atomic E-state index is 0.387. The molecule has 1 nitrogen and oxygen atoms in total. The summed E-state index contributed by atoms with van der Waals surface area (Å²) in [6.45, 7) is 2.24. The lowest BCUT2D eigenvalue weighted by Crippen LogP contribution is -1.94. The summed E-state index contributed by atoms with van der Waals surface area (Å²) in [5.74, 6) is 0.680. The molecule has 1 fully saturated rings. The molecule has 0 bridgehead atoms. The molecule has 0 spiro atoms. The Hall–Kier alpha value is 0.250. The van der Waals surface area contributed by atoms with Crippen molar-refractivity contribution in [3.8, 4) is 0 Å². The van der Waals surface area contributed by atoms with Crippen LogP contribution in [0.4, 0.5) is 0 Å². The smallest absolute Gasteiger partial charge is 0.0976 e. The maximum absolute atomic E-state index is 5.63. The van der Waals surface area contributed by atoms with Gasteiger partial charge in [-0.1, -0.05) is 39.0 Å². The lowest BCUT2D eigenvalue weighted by molar-refractivity contribution is 0.365. The number of halogens is 1. The van der Waals surface area contributed by atoms with Gasteiger partial charge in [0.1, 0.15) is 0 Å². The predicted octanol–water partition coefficient (Wildman–Crippen LogP) is 3.35. The first-order chi connectivity index (χ1) is 5.88. The zero-order valence-corrected chi connectivity index (χ0v) is 8.65. The van der Waals surface area contributed by atoms with Crippen molar-refractivity contribution in [1.29, 1.82) is 0 Å². The number of epoxide rings is 1. The summed E-state index contributed by atoms with van der Waals surface area (Å²) >= 11 is 5.63. The maximum Gasteiger partial charge on any atom is 0.0976 e. The highest BCUT2D eigenvalue weighted by Crippen LogP contribution is 2.28. The van der Waals surface area contributed by atoms with Crippen LogP contribution in [0.15, 0.2) is 0 Å². The SMILES string of the molecule is CCCCCCC[C@@H]1O[C@H]1CCl. The number of unbranched alkanes of at least 4 members (excludes halogenated alkanes) is 4. The van der Waals surface area contributed by atoms with Gasteiger partial charge in [0.05, 0.1) is 18.1 Å². The normalized spacial score (nSPS) is 27.5. The highest BCUT2D eigenvalue weighted by atomic mass is 35.5. The molecule has 1 aliphatic rings. The summed E-state index contributed by atoms with van der Waals surface area (Å²) in [7, 11) is 0. The first-order valence-corrected chi connectivity index (χ1v) is 5.63. The van der Waals surface area contributed by atoms with Crippen LogP contribution in [0, 0.1) is 0 Å². The predicted molar refractivity (Wildman–Crippen MR) is 52.8 cm³/mol. The van der Waals surface area contributed by atoms with E-state index in [1.165, 1.54) is 38.5 Å². The largest absolute Gasteiger partial charge is 0.368 e. The van der Waals surface area contributed by atoms with Crippen molar-refractivity contribution in [2.24, 2.45) is 0 Å². The highest BCUT2D eigenvalue weighted by Gasteiger charge is 2.36. The van der Waals surface area contributed by atoms with Gasteiger partial charge in [-0.15, -0.1) is 11.6 Å². The van der Waals surface area contributed by atoms with E-state index < -0.39 is 0 Å². The van der Waals surface area contributed by atoms with E-state index in [0.717, 1.165) is 0 Å². The second-order valence-electron chi connectivity index (χ2n) is 3.57. The monoisotopic (exact) mass is 190 g/mol. The molecule has 1 aliphatic heterocycles. The lowest BCUT2D eigenvalue weighted by Gasteiger charge is -1.96. The Morgan fingerprint density at radius 3 is 2.42 bits per heavy atom. The Balaban J connectivity index is 1.78. The van der Waals surface area contributed by atoms with Crippen LogP contribution in [-0.2, 0) is 4.74 Å². The Morgan fingerprint density at radius 1 is 1.08 bits per heavy atom. The van der Waals surface area contributed by atoms with Gasteiger partial charge >= 0.3 is 0 Å². The van der Waals surface area contributed by atoms with Gasteiger partial charge in [0, 0.05) is 0 Å². The van der Waals surface area contributed by atoms with E-state index in [1.807, 2.05) is 0 Å². The second kappa shape index (κ2) is 5.82. The molecule has 1 saturated heterocycles. The highest BCUT2D eigenvalue weighted by molar-refractivity contribution is 6.18. The van der Waals surface area contributed by atoms with Crippen LogP contribution in [0.5, 0.6) is 0 Å². The number of rotatable bonds is 7. The molecule has 0 aliphatic carbocycles. The molecule has 0 aromatic heterocycles. The van der Waals surface area contributed by atoms with Crippen LogP contribution in [-0.4, -0.2) is 18.1 Å². The van der Waals surface area contributed by atoms with Crippen LogP contribution in [0.1, 0.15) is 45.4 Å². The number of hydrogen-bond donors (Lipinski definition) is 0. The van der Waals surface area contributed by atoms with Gasteiger partial charge in [-0.2, -0.15) is 0 Å². The summed E-state index contributed by atoms with van der Waals surface area (Å²) in [6, 6.07) is 0. The molecule has 0 amide bonds. The molecular weight excluding hydrogens is 172 g/mol. The average molecular weight is 191 g/mol. The molecular formula is C10H19ClO. The van der Waals surface area contributed by atoms with E-state index in [9.17, 15) is 0 Å². The molecule has 0 radical (unpaired) electrons. The molecule has 0 aromatic carbocycles. The summed E-state index contributed by atoms with van der Waals surface area (Å²) < 4.78 is 5.34. The topological polar surface area (TPSA) is 12.5 Å². The Kier molecular flexibility index (Phi) is 5.01. The van der Waals surface area contributed by atoms with Gasteiger partial charge in [0.15, 0.2) is 0 Å². The first-order valence-electron chi connectivity index (χ1n) is 5.10. The van der Waals surface area contributed by atoms with Gasteiger partial charge < -0.3 is 4.74 Å². The van der Waals surface area contributed by atoms with Crippen molar-refractivity contribution in [2.75, 3.05) is 5.88 Å². The van der Waals surface area contributed by atoms with E-state index >= 15 is 0 Å². The molecule has 0 saturated carbocycles. The van der Waals surface area contributed by atoms with Crippen molar-refractivity contribution in [1.82, 2.24) is 0 Å². The third kappa shape index (κ3) is 3.77. The number of hydrogen-bond acceptors (Lipinski definition) is 1. The molecule has 2 heteroatoms. The van der Waals surface area contributed by atoms with E-state index in [2.05, 4.69) is 6.92 Å². The van der Waals surface area contributed by atoms with E-state index in [4.69, 9.17) is 16.3 Å². The van der Waals surface area contributed by atoms with E-state index in [0.29, 0.717) is 18.1 Å². The fraction of sp³-hybridized carbons (Fsp3) is 1.00. The third-order valence-corrected chi connectivity index (χ3v) is 2.74. The van der Waals surface area contributed by atoms with Crippen LogP contribution < -0.4 is 0 Å². The van der Waals surface area contributed by atoms with Crippen LogP contribution >= 0.6 is 11.6 Å². The summed E-state index contributed by atoms with van der Waals surface area (Å²) in [4.78, 5) is 0. The molecule has 0 N–H and O–H groups in total. The number of alkyl halides is 1. The Labute approximate surface area is 80.4 Å². The van der Waals surface area contributed by atoms with Crippen molar-refractivity contribution < 1.29 is 4.74 Å². The van der Waals surface area contributed by atoms with Crippen LogP contribution in [0.25, 0.3) is 0 Å². The zero-order chi connectivity index (χ0) is 8.81. The average Bonchev–Trinajstić information content (AvgIpc) is 2.83. The van der Waals surface area contributed by atoms with Gasteiger partial charge in [-0.3, -0.25) is 0 Å². The summed E-state index contributed by atoms with van der Waals surface area (Å²) in [6.07, 6.45) is 8.88. The van der Waals surface area contributed by atoms with Crippen molar-refractivity contribution in [3.63, 3.8) is 0 Å². The third-order valence-electron chi connectivity index (χ3n) is 2.43. The van der Waals surface area contributed by atoms with Crippen LogP contribution in [0.3, 0.4) is 0 Å². The molecule has 72 valence electrons. The Morgan fingerprint density at radius 2 is 1.83 bits per heavy atom. The maximum atomic E-state index is 5.63. The summed E-state index contributed by atoms with van der Waals surface area (Å²) in [5.41, 5.74) is 0. The lowest BCUT2D eigenvalue weighted by atomic mass is 10.1. The molecule has 1 rings (SSSR count). The van der Waals surface area contributed by atoms with Crippen molar-refractivity contribution >= 4 is 11.6 Å². The molecule has 12 heavy (non-hydrogen) atoms. The molecule has 1 heterocycles. The minimum atomic E-state index is 0.387. The van der Waals surface area contributed by atoms with Crippen LogP contribution in [0.2, 0.25) is 0 Å². The zero-order valence-electron chi connectivity index (χ0n) is 7.89. The molecule has 0 aromatic rings. The van der Waals surface area contributed by atoms with Gasteiger partial charge in [-0.25, -0.2) is 0 Å². The van der Waals surface area contributed by atoms with Crippen molar-refractivity contribution in [2.45, 2.75) is 57.7 Å². The fourth-order valence-electron chi connectivity index (χ4n) is 1.52. The Bertz CT molecular complexity index is 116.